The van der Waals surface area contributed by atoms with Crippen molar-refractivity contribution in [3.63, 3.8) is 0 Å². The minimum Gasteiger partial charge on any atom is -0.403 e. The fraction of sp³-hybridized carbons (Fsp3) is 0.750. The maximum atomic E-state index is 8.70. The molecular formula is C12H24BN3O2. The Bertz CT molecular complexity index is 308. The quantitative estimate of drug-likeness (QED) is 0.307. The summed E-state index contributed by atoms with van der Waals surface area (Å²) in [4.78, 5) is 0. The molecule has 102 valence electrons. The summed E-state index contributed by atoms with van der Waals surface area (Å²) in [6.45, 7) is 2.32. The number of nitrogens with one attached hydrogen (secondary N) is 2. The van der Waals surface area contributed by atoms with Gasteiger partial charge in [0.15, 0.2) is 0 Å². The highest BCUT2D eigenvalue weighted by Crippen LogP contribution is 2.21. The van der Waals surface area contributed by atoms with Crippen molar-refractivity contribution in [2.45, 2.75) is 44.8 Å². The van der Waals surface area contributed by atoms with Crippen molar-refractivity contribution in [3.05, 3.63) is 11.2 Å². The molecule has 1 rings (SSSR count). The highest BCUT2D eigenvalue weighted by molar-refractivity contribution is 6.37. The van der Waals surface area contributed by atoms with Gasteiger partial charge in [-0.05, 0) is 38.1 Å². The Hall–Kier alpha value is -1.01. The van der Waals surface area contributed by atoms with E-state index in [0.717, 1.165) is 31.2 Å². The molecule has 0 bridgehead atoms. The lowest BCUT2D eigenvalue weighted by Gasteiger charge is -2.30. The van der Waals surface area contributed by atoms with Crippen LogP contribution < -0.4 is 11.1 Å². The summed E-state index contributed by atoms with van der Waals surface area (Å²) < 4.78 is 5.51. The Morgan fingerprint density at radius 2 is 2.06 bits per heavy atom. The van der Waals surface area contributed by atoms with Crippen LogP contribution in [-0.4, -0.2) is 44.1 Å². The highest BCUT2D eigenvalue weighted by Gasteiger charge is 2.22. The van der Waals surface area contributed by atoms with Gasteiger partial charge in [0.05, 0.1) is 19.3 Å². The molecular weight excluding hydrogens is 229 g/mol. The van der Waals surface area contributed by atoms with E-state index in [-0.39, 0.29) is 12.7 Å². The van der Waals surface area contributed by atoms with Gasteiger partial charge in [-0.25, -0.2) is 0 Å². The van der Waals surface area contributed by atoms with Gasteiger partial charge in [-0.1, -0.05) is 0 Å². The molecule has 0 aliphatic heterocycles. The number of hydrogen-bond acceptors (Lipinski definition) is 4. The number of amidine groups is 1. The monoisotopic (exact) mass is 253 g/mol. The maximum absolute atomic E-state index is 8.70. The van der Waals surface area contributed by atoms with Crippen molar-refractivity contribution in [2.75, 3.05) is 13.2 Å². The molecule has 0 spiro atoms. The van der Waals surface area contributed by atoms with Gasteiger partial charge < -0.3 is 20.9 Å². The van der Waals surface area contributed by atoms with E-state index in [1.165, 1.54) is 0 Å². The van der Waals surface area contributed by atoms with Crippen LogP contribution in [0.3, 0.4) is 0 Å². The van der Waals surface area contributed by atoms with Crippen molar-refractivity contribution in [1.82, 2.24) is 5.32 Å². The molecule has 6 heteroatoms. The Morgan fingerprint density at radius 1 is 1.44 bits per heavy atom. The molecule has 1 aliphatic rings. The number of aliphatic hydroxyl groups excluding tert-OH is 1. The van der Waals surface area contributed by atoms with Gasteiger partial charge in [-0.3, -0.25) is 5.41 Å². The predicted octanol–water partition coefficient (Wildman–Crippen LogP) is -0.303. The van der Waals surface area contributed by atoms with Crippen LogP contribution in [0, 0.1) is 5.41 Å². The number of hydrogen-bond donors (Lipinski definition) is 4. The maximum Gasteiger partial charge on any atom is 0.146 e. The van der Waals surface area contributed by atoms with Crippen molar-refractivity contribution in [1.29, 1.82) is 5.41 Å². The van der Waals surface area contributed by atoms with Crippen LogP contribution in [0.25, 0.3) is 0 Å². The first-order valence-corrected chi connectivity index (χ1v) is 6.55. The van der Waals surface area contributed by atoms with E-state index >= 15 is 0 Å². The minimum atomic E-state index is 0.0859. The van der Waals surface area contributed by atoms with Gasteiger partial charge in [-0.15, -0.1) is 0 Å². The van der Waals surface area contributed by atoms with Gasteiger partial charge in [-0.2, -0.15) is 0 Å². The van der Waals surface area contributed by atoms with E-state index in [9.17, 15) is 0 Å². The average Bonchev–Trinajstić information content (AvgIpc) is 2.36. The van der Waals surface area contributed by atoms with Gasteiger partial charge in [0.25, 0.3) is 0 Å². The van der Waals surface area contributed by atoms with Crippen LogP contribution in [-0.2, 0) is 4.74 Å². The van der Waals surface area contributed by atoms with E-state index in [4.69, 9.17) is 21.0 Å². The van der Waals surface area contributed by atoms with Crippen LogP contribution >= 0.6 is 0 Å². The summed E-state index contributed by atoms with van der Waals surface area (Å²) in [6.07, 6.45) is 4.22. The Balaban J connectivity index is 2.31. The largest absolute Gasteiger partial charge is 0.403 e. The first kappa shape index (κ1) is 15.1. The topological polar surface area (TPSA) is 91.4 Å². The molecule has 0 amide bonds. The van der Waals surface area contributed by atoms with Crippen LogP contribution in [0.1, 0.15) is 32.6 Å². The zero-order valence-electron chi connectivity index (χ0n) is 11.3. The zero-order chi connectivity index (χ0) is 13.5. The molecule has 0 unspecified atom stereocenters. The second kappa shape index (κ2) is 7.43. The van der Waals surface area contributed by atoms with Gasteiger partial charge >= 0.3 is 0 Å². The second-order valence-electron chi connectivity index (χ2n) is 4.90. The third kappa shape index (κ3) is 4.70. The molecule has 0 radical (unpaired) electrons. The summed E-state index contributed by atoms with van der Waals surface area (Å²) in [5.41, 5.74) is 7.18. The molecule has 0 saturated heterocycles. The van der Waals surface area contributed by atoms with Crippen LogP contribution in [0.4, 0.5) is 0 Å². The Kier molecular flexibility index (Phi) is 6.22. The lowest BCUT2D eigenvalue weighted by molar-refractivity contribution is 0.00518. The second-order valence-corrected chi connectivity index (χ2v) is 4.90. The molecule has 0 aromatic heterocycles. The molecule has 1 fully saturated rings. The molecule has 1 aliphatic carbocycles. The van der Waals surface area contributed by atoms with Crippen molar-refractivity contribution in [3.8, 4) is 0 Å². The third-order valence-electron chi connectivity index (χ3n) is 3.43. The number of allylic oxidation sites excluding steroid dienone is 1. The van der Waals surface area contributed by atoms with E-state index in [1.807, 2.05) is 14.8 Å². The first-order valence-electron chi connectivity index (χ1n) is 6.55. The first-order chi connectivity index (χ1) is 8.54. The highest BCUT2D eigenvalue weighted by atomic mass is 16.5. The summed E-state index contributed by atoms with van der Waals surface area (Å²) >= 11 is 0. The lowest BCUT2D eigenvalue weighted by Crippen LogP contribution is -2.40. The van der Waals surface area contributed by atoms with Crippen molar-refractivity contribution in [2.24, 2.45) is 5.73 Å². The summed E-state index contributed by atoms with van der Waals surface area (Å²) in [7, 11) is 1.86. The molecule has 0 aromatic carbocycles. The number of ether oxygens (including phenoxy) is 1. The zero-order valence-corrected chi connectivity index (χ0v) is 11.3. The lowest BCUT2D eigenvalue weighted by atomic mass is 9.89. The number of rotatable bonds is 5. The normalized spacial score (nSPS) is 25.4. The van der Waals surface area contributed by atoms with E-state index in [0.29, 0.717) is 24.2 Å². The molecule has 1 saturated carbocycles. The fourth-order valence-corrected chi connectivity index (χ4v) is 2.10. The van der Waals surface area contributed by atoms with Crippen molar-refractivity contribution >= 4 is 13.7 Å². The van der Waals surface area contributed by atoms with Crippen molar-refractivity contribution < 1.29 is 9.84 Å². The van der Waals surface area contributed by atoms with Gasteiger partial charge in [0, 0.05) is 11.7 Å². The Labute approximate surface area is 110 Å². The van der Waals surface area contributed by atoms with Crippen LogP contribution in [0.2, 0.25) is 0 Å². The standard InChI is InChI=1S/C12H24BN3O2/c1-8(14)11(13)12(15)16-9-2-4-10(5-3-9)18-7-6-17/h9-10,17H,2-7,13-14H2,1H3,(H2,15,16)/b11-8+/t9-,10+. The summed E-state index contributed by atoms with van der Waals surface area (Å²) in [5, 5.41) is 19.8. The average molecular weight is 253 g/mol. The summed E-state index contributed by atoms with van der Waals surface area (Å²) in [5.74, 6) is 0.426. The number of nitrogens with two attached hydrogens (primary N) is 1. The third-order valence-corrected chi connectivity index (χ3v) is 3.43. The molecule has 0 heterocycles. The summed E-state index contributed by atoms with van der Waals surface area (Å²) in [6, 6.07) is 0.334. The fourth-order valence-electron chi connectivity index (χ4n) is 2.10. The molecule has 0 aromatic rings. The molecule has 5 N–H and O–H groups in total. The number of aliphatic hydroxyl groups is 1. The van der Waals surface area contributed by atoms with Gasteiger partial charge in [0.2, 0.25) is 0 Å². The predicted molar refractivity (Wildman–Crippen MR) is 75.4 cm³/mol. The molecule has 5 nitrogen and oxygen atoms in total. The smallest absolute Gasteiger partial charge is 0.146 e. The molecule has 18 heavy (non-hydrogen) atoms. The van der Waals surface area contributed by atoms with E-state index < -0.39 is 0 Å². The van der Waals surface area contributed by atoms with E-state index in [2.05, 4.69) is 5.32 Å². The van der Waals surface area contributed by atoms with Gasteiger partial charge in [0.1, 0.15) is 13.7 Å². The Morgan fingerprint density at radius 3 is 2.56 bits per heavy atom. The minimum absolute atomic E-state index is 0.0859. The van der Waals surface area contributed by atoms with Crippen LogP contribution in [0.5, 0.6) is 0 Å². The van der Waals surface area contributed by atoms with E-state index in [1.54, 1.807) is 0 Å². The molecule has 0 atom stereocenters. The van der Waals surface area contributed by atoms with Crippen LogP contribution in [0.15, 0.2) is 11.2 Å². The SMILES string of the molecule is B/C(C(=N)N[C@H]1CC[C@@H](OCCO)CC1)=C(\C)N.